The van der Waals surface area contributed by atoms with E-state index in [0.29, 0.717) is 6.04 Å². The molecule has 0 atom stereocenters. The molecule has 0 N–H and O–H groups in total. The molecule has 0 amide bonds. The molecule has 1 nitrogen and oxygen atoms in total. The second-order valence-electron chi connectivity index (χ2n) is 4.09. The predicted molar refractivity (Wildman–Crippen MR) is 58.2 cm³/mol. The van der Waals surface area contributed by atoms with Crippen molar-refractivity contribution in [2.45, 2.75) is 40.7 Å². The van der Waals surface area contributed by atoms with E-state index in [1.807, 2.05) is 0 Å². The topological polar surface area (TPSA) is 3.24 Å². The number of rotatable bonds is 1. The predicted octanol–water partition coefficient (Wildman–Crippen LogP) is 3.46. The first-order chi connectivity index (χ1) is 6.02. The first kappa shape index (κ1) is 10.1. The van der Waals surface area contributed by atoms with Crippen molar-refractivity contribution >= 4 is 0 Å². The molecule has 0 unspecified atom stereocenters. The summed E-state index contributed by atoms with van der Waals surface area (Å²) in [7, 11) is 0. The van der Waals surface area contributed by atoms with Crippen LogP contribution in [0.25, 0.3) is 0 Å². The lowest BCUT2D eigenvalue weighted by Gasteiger charge is -2.30. The minimum Gasteiger partial charge on any atom is -0.345 e. The van der Waals surface area contributed by atoms with Gasteiger partial charge in [0, 0.05) is 17.9 Å². The zero-order chi connectivity index (χ0) is 10.0. The van der Waals surface area contributed by atoms with Crippen molar-refractivity contribution in [2.24, 2.45) is 0 Å². The fraction of sp³-hybridized carbons (Fsp3) is 0.500. The lowest BCUT2D eigenvalue weighted by Crippen LogP contribution is -2.26. The zero-order valence-corrected chi connectivity index (χ0v) is 9.26. The maximum absolute atomic E-state index is 2.32. The maximum Gasteiger partial charge on any atom is 0.0394 e. The van der Waals surface area contributed by atoms with Crippen molar-refractivity contribution in [3.63, 3.8) is 0 Å². The molecule has 0 radical (unpaired) electrons. The minimum absolute atomic E-state index is 0.532. The van der Waals surface area contributed by atoms with Gasteiger partial charge in [0.2, 0.25) is 0 Å². The normalized spacial score (nSPS) is 16.6. The van der Waals surface area contributed by atoms with E-state index in [9.17, 15) is 0 Å². The van der Waals surface area contributed by atoms with Crippen LogP contribution in [-0.2, 0) is 0 Å². The van der Waals surface area contributed by atoms with E-state index >= 15 is 0 Å². The summed E-state index contributed by atoms with van der Waals surface area (Å²) in [5.74, 6) is 0. The van der Waals surface area contributed by atoms with E-state index in [0.717, 1.165) is 0 Å². The lowest BCUT2D eigenvalue weighted by atomic mass is 10.1. The van der Waals surface area contributed by atoms with Crippen molar-refractivity contribution in [1.29, 1.82) is 0 Å². The molecule has 1 aliphatic heterocycles. The standard InChI is InChI=1S/C12H19N/c1-9(2)12-7-6-11(5)8-13(12)10(3)4/h6-8,10H,1-5H3. The summed E-state index contributed by atoms with van der Waals surface area (Å²) < 4.78 is 0. The molecule has 1 heterocycles. The summed E-state index contributed by atoms with van der Waals surface area (Å²) in [5, 5.41) is 0. The number of hydrogen-bond donors (Lipinski definition) is 0. The molecule has 0 spiro atoms. The molecule has 13 heavy (non-hydrogen) atoms. The summed E-state index contributed by atoms with van der Waals surface area (Å²) >= 11 is 0. The van der Waals surface area contributed by atoms with E-state index in [4.69, 9.17) is 0 Å². The average molecular weight is 177 g/mol. The van der Waals surface area contributed by atoms with Crippen LogP contribution in [0.3, 0.4) is 0 Å². The Morgan fingerprint density at radius 1 is 1.23 bits per heavy atom. The average Bonchev–Trinajstić information content (AvgIpc) is 2.03. The van der Waals surface area contributed by atoms with Gasteiger partial charge < -0.3 is 4.90 Å². The minimum atomic E-state index is 0.532. The van der Waals surface area contributed by atoms with Gasteiger partial charge in [0.05, 0.1) is 0 Å². The molecule has 1 aliphatic rings. The summed E-state index contributed by atoms with van der Waals surface area (Å²) in [6, 6.07) is 0.532. The molecule has 0 aromatic rings. The Morgan fingerprint density at radius 2 is 1.85 bits per heavy atom. The van der Waals surface area contributed by atoms with Crippen LogP contribution in [0.1, 0.15) is 34.6 Å². The molecule has 72 valence electrons. The first-order valence-electron chi connectivity index (χ1n) is 4.84. The van der Waals surface area contributed by atoms with Crippen molar-refractivity contribution in [1.82, 2.24) is 4.90 Å². The Hall–Kier alpha value is -0.980. The maximum atomic E-state index is 2.32. The molecule has 0 saturated heterocycles. The number of nitrogens with zero attached hydrogens (tertiary/aromatic N) is 1. The van der Waals surface area contributed by atoms with Gasteiger partial charge in [-0.2, -0.15) is 0 Å². The molecular formula is C12H19N. The van der Waals surface area contributed by atoms with Gasteiger partial charge in [-0.3, -0.25) is 0 Å². The molecule has 0 aromatic carbocycles. The quantitative estimate of drug-likeness (QED) is 0.593. The van der Waals surface area contributed by atoms with Crippen molar-refractivity contribution in [3.05, 3.63) is 35.2 Å². The van der Waals surface area contributed by atoms with Gasteiger partial charge in [-0.25, -0.2) is 0 Å². The Bertz CT molecular complexity index is 275. The van der Waals surface area contributed by atoms with Gasteiger partial charge in [-0.05, 0) is 46.3 Å². The van der Waals surface area contributed by atoms with Crippen LogP contribution in [0, 0.1) is 0 Å². The van der Waals surface area contributed by atoms with Crippen LogP contribution in [0.5, 0.6) is 0 Å². The molecule has 1 rings (SSSR count). The van der Waals surface area contributed by atoms with E-state index in [-0.39, 0.29) is 0 Å². The largest absolute Gasteiger partial charge is 0.345 e. The zero-order valence-electron chi connectivity index (χ0n) is 9.26. The van der Waals surface area contributed by atoms with Gasteiger partial charge in [0.1, 0.15) is 0 Å². The van der Waals surface area contributed by atoms with Gasteiger partial charge >= 0.3 is 0 Å². The number of allylic oxidation sites excluding steroid dienone is 4. The Kier molecular flexibility index (Phi) is 2.97. The summed E-state index contributed by atoms with van der Waals surface area (Å²) in [6.45, 7) is 10.9. The second kappa shape index (κ2) is 3.82. The highest BCUT2D eigenvalue weighted by molar-refractivity contribution is 5.35. The molecule has 0 aromatic heterocycles. The van der Waals surface area contributed by atoms with E-state index in [2.05, 4.69) is 57.9 Å². The monoisotopic (exact) mass is 177 g/mol. The molecule has 0 aliphatic carbocycles. The van der Waals surface area contributed by atoms with Crippen LogP contribution in [0.2, 0.25) is 0 Å². The van der Waals surface area contributed by atoms with Gasteiger partial charge in [-0.1, -0.05) is 11.6 Å². The Balaban J connectivity index is 3.02. The fourth-order valence-corrected chi connectivity index (χ4v) is 1.48. The van der Waals surface area contributed by atoms with Crippen LogP contribution in [0.15, 0.2) is 35.2 Å². The van der Waals surface area contributed by atoms with Crippen molar-refractivity contribution < 1.29 is 0 Å². The van der Waals surface area contributed by atoms with Gasteiger partial charge in [0.25, 0.3) is 0 Å². The van der Waals surface area contributed by atoms with E-state index < -0.39 is 0 Å². The third kappa shape index (κ3) is 2.24. The third-order valence-corrected chi connectivity index (χ3v) is 2.19. The molecule has 0 bridgehead atoms. The van der Waals surface area contributed by atoms with Gasteiger partial charge in [0.15, 0.2) is 0 Å². The fourth-order valence-electron chi connectivity index (χ4n) is 1.48. The summed E-state index contributed by atoms with van der Waals surface area (Å²) in [4.78, 5) is 2.32. The highest BCUT2D eigenvalue weighted by Crippen LogP contribution is 2.21. The van der Waals surface area contributed by atoms with E-state index in [1.165, 1.54) is 16.8 Å². The third-order valence-electron chi connectivity index (χ3n) is 2.19. The summed E-state index contributed by atoms with van der Waals surface area (Å²) in [5.41, 5.74) is 4.02. The SMILES string of the molecule is CC1=CN(C(C)C)C(=C(C)C)C=C1. The smallest absolute Gasteiger partial charge is 0.0394 e. The molecule has 0 saturated carbocycles. The van der Waals surface area contributed by atoms with Gasteiger partial charge in [-0.15, -0.1) is 0 Å². The van der Waals surface area contributed by atoms with Crippen LogP contribution >= 0.6 is 0 Å². The number of hydrogen-bond acceptors (Lipinski definition) is 1. The highest BCUT2D eigenvalue weighted by Gasteiger charge is 2.12. The Labute approximate surface area is 81.4 Å². The lowest BCUT2D eigenvalue weighted by molar-refractivity contribution is 0.386. The molecule has 1 heteroatoms. The van der Waals surface area contributed by atoms with Crippen molar-refractivity contribution in [3.8, 4) is 0 Å². The highest BCUT2D eigenvalue weighted by atomic mass is 15.1. The molecular weight excluding hydrogens is 158 g/mol. The molecule has 0 fully saturated rings. The first-order valence-corrected chi connectivity index (χ1v) is 4.84. The van der Waals surface area contributed by atoms with Crippen LogP contribution < -0.4 is 0 Å². The summed E-state index contributed by atoms with van der Waals surface area (Å²) in [6.07, 6.45) is 6.58. The van der Waals surface area contributed by atoms with E-state index in [1.54, 1.807) is 0 Å². The van der Waals surface area contributed by atoms with Crippen molar-refractivity contribution in [2.75, 3.05) is 0 Å². The second-order valence-corrected chi connectivity index (χ2v) is 4.09. The van der Waals surface area contributed by atoms with Crippen LogP contribution in [0.4, 0.5) is 0 Å². The Morgan fingerprint density at radius 3 is 2.31 bits per heavy atom. The van der Waals surface area contributed by atoms with Crippen LogP contribution in [-0.4, -0.2) is 10.9 Å².